The first-order valence-corrected chi connectivity index (χ1v) is 9.98. The second kappa shape index (κ2) is 12.4. The number of carbonyl (C=O) groups is 5. The molecule has 188 valence electrons. The number of primary amides is 1. The zero-order chi connectivity index (χ0) is 25.5. The van der Waals surface area contributed by atoms with Crippen LogP contribution in [0.3, 0.4) is 0 Å². The first kappa shape index (κ1) is 28.2. The number of aliphatic hydroxyl groups is 3. The third kappa shape index (κ3) is 8.54. The summed E-state index contributed by atoms with van der Waals surface area (Å²) >= 11 is 0. The van der Waals surface area contributed by atoms with Crippen LogP contribution >= 0.6 is 0 Å². The monoisotopic (exact) mass is 478 g/mol. The van der Waals surface area contributed by atoms with Gasteiger partial charge in [0, 0.05) is 13.3 Å². The molecule has 15 nitrogen and oxygen atoms in total. The molecule has 15 heteroatoms. The van der Waals surface area contributed by atoms with Gasteiger partial charge < -0.3 is 51.6 Å². The zero-order valence-corrected chi connectivity index (χ0v) is 18.3. The molecule has 0 spiro atoms. The number of carboxylic acids is 1. The minimum Gasteiger partial charge on any atom is -0.481 e. The van der Waals surface area contributed by atoms with E-state index >= 15 is 0 Å². The Balaban J connectivity index is 2.76. The van der Waals surface area contributed by atoms with Crippen LogP contribution in [0, 0.1) is 0 Å². The van der Waals surface area contributed by atoms with Gasteiger partial charge in [0.25, 0.3) is 0 Å². The summed E-state index contributed by atoms with van der Waals surface area (Å²) in [5, 5.41) is 45.3. The fourth-order valence-electron chi connectivity index (χ4n) is 2.94. The first-order chi connectivity index (χ1) is 15.2. The van der Waals surface area contributed by atoms with Crippen molar-refractivity contribution in [2.45, 2.75) is 82.6 Å². The standard InChI is InChI=1S/C18H30N4O11/c1-6(15(28)22-9(14(19)27)4-5-10(24)25)20-16(29)7(2)32-13-11(21-8(3)23)17(30)33-18(31)12(13)26/h6-7,9,11-13,17-18,26,30-31H,4-5H2,1-3H3,(H2,19,27)(H,20,29)(H,21,23)(H,22,28)(H,24,25)/t6-,7+,9+,11?,12?,13?,17?,18?/m0/s1. The van der Waals surface area contributed by atoms with Gasteiger partial charge in [-0.05, 0) is 20.3 Å². The third-order valence-corrected chi connectivity index (χ3v) is 4.73. The van der Waals surface area contributed by atoms with Crippen LogP contribution in [0.1, 0.15) is 33.6 Å². The summed E-state index contributed by atoms with van der Waals surface area (Å²) < 4.78 is 10.1. The average Bonchev–Trinajstić information content (AvgIpc) is 2.70. The molecule has 0 aromatic carbocycles. The van der Waals surface area contributed by atoms with E-state index in [2.05, 4.69) is 16.0 Å². The molecule has 1 aliphatic rings. The Labute approximate surface area is 188 Å². The van der Waals surface area contributed by atoms with Crippen molar-refractivity contribution in [3.8, 4) is 0 Å². The SMILES string of the molecule is CC(=O)NC1C(O)OC(O)C(O)C1O[C@H](C)C(=O)N[C@@H](C)C(=O)N[C@H](CCC(=O)O)C(N)=O. The maximum absolute atomic E-state index is 12.5. The Morgan fingerprint density at radius 3 is 2.15 bits per heavy atom. The highest BCUT2D eigenvalue weighted by molar-refractivity contribution is 5.92. The zero-order valence-electron chi connectivity index (χ0n) is 18.3. The maximum atomic E-state index is 12.5. The molecule has 1 fully saturated rings. The van der Waals surface area contributed by atoms with Gasteiger partial charge in [0.05, 0.1) is 0 Å². The van der Waals surface area contributed by atoms with Crippen LogP contribution in [0.4, 0.5) is 0 Å². The molecule has 0 radical (unpaired) electrons. The highest BCUT2D eigenvalue weighted by Gasteiger charge is 2.46. The van der Waals surface area contributed by atoms with Crippen molar-refractivity contribution in [3.63, 3.8) is 0 Å². The summed E-state index contributed by atoms with van der Waals surface area (Å²) in [5.74, 6) is -4.41. The molecule has 4 amide bonds. The van der Waals surface area contributed by atoms with E-state index in [0.29, 0.717) is 0 Å². The predicted molar refractivity (Wildman–Crippen MR) is 107 cm³/mol. The van der Waals surface area contributed by atoms with Gasteiger partial charge >= 0.3 is 5.97 Å². The normalized spacial score (nSPS) is 27.5. The number of nitrogens with one attached hydrogen (secondary N) is 3. The molecule has 1 saturated heterocycles. The van der Waals surface area contributed by atoms with Crippen molar-refractivity contribution in [2.24, 2.45) is 5.73 Å². The molecule has 0 saturated carbocycles. The van der Waals surface area contributed by atoms with E-state index < -0.39 is 85.0 Å². The number of hydrogen-bond acceptors (Lipinski definition) is 10. The summed E-state index contributed by atoms with van der Waals surface area (Å²) in [6.45, 7) is 3.67. The van der Waals surface area contributed by atoms with Gasteiger partial charge in [0.15, 0.2) is 12.6 Å². The minimum absolute atomic E-state index is 0.243. The summed E-state index contributed by atoms with van der Waals surface area (Å²) in [6.07, 6.45) is -8.78. The van der Waals surface area contributed by atoms with E-state index in [-0.39, 0.29) is 6.42 Å². The highest BCUT2D eigenvalue weighted by atomic mass is 16.7. The summed E-state index contributed by atoms with van der Waals surface area (Å²) in [7, 11) is 0. The van der Waals surface area contributed by atoms with Crippen LogP contribution in [0.25, 0.3) is 0 Å². The summed E-state index contributed by atoms with van der Waals surface area (Å²) in [5.41, 5.74) is 5.15. The average molecular weight is 478 g/mol. The predicted octanol–water partition coefficient (Wildman–Crippen LogP) is -4.37. The number of aliphatic hydroxyl groups excluding tert-OH is 3. The molecule has 0 aromatic rings. The summed E-state index contributed by atoms with van der Waals surface area (Å²) in [4.78, 5) is 58.2. The van der Waals surface area contributed by atoms with Crippen LogP contribution in [-0.2, 0) is 33.4 Å². The van der Waals surface area contributed by atoms with E-state index in [4.69, 9.17) is 20.3 Å². The number of rotatable bonds is 11. The number of carboxylic acid groups (broad SMARTS) is 1. The lowest BCUT2D eigenvalue weighted by atomic mass is 10.0. The van der Waals surface area contributed by atoms with Crippen molar-refractivity contribution in [1.29, 1.82) is 0 Å². The Morgan fingerprint density at radius 1 is 1.03 bits per heavy atom. The first-order valence-electron chi connectivity index (χ1n) is 9.98. The molecule has 1 rings (SSSR count). The lowest BCUT2D eigenvalue weighted by molar-refractivity contribution is -0.312. The number of hydrogen-bond donors (Lipinski definition) is 8. The van der Waals surface area contributed by atoms with Crippen LogP contribution in [0.2, 0.25) is 0 Å². The van der Waals surface area contributed by atoms with E-state index in [1.807, 2.05) is 0 Å². The highest BCUT2D eigenvalue weighted by Crippen LogP contribution is 2.22. The second-order valence-corrected chi connectivity index (χ2v) is 7.50. The largest absolute Gasteiger partial charge is 0.481 e. The van der Waals surface area contributed by atoms with Crippen molar-refractivity contribution >= 4 is 29.6 Å². The van der Waals surface area contributed by atoms with Gasteiger partial charge in [-0.3, -0.25) is 24.0 Å². The van der Waals surface area contributed by atoms with E-state index in [9.17, 15) is 39.3 Å². The van der Waals surface area contributed by atoms with Crippen LogP contribution < -0.4 is 21.7 Å². The number of carbonyl (C=O) groups excluding carboxylic acids is 4. The molecule has 0 aromatic heterocycles. The van der Waals surface area contributed by atoms with E-state index in [1.165, 1.54) is 13.8 Å². The summed E-state index contributed by atoms with van der Waals surface area (Å²) in [6, 6.07) is -3.78. The fourth-order valence-corrected chi connectivity index (χ4v) is 2.94. The Kier molecular flexibility index (Phi) is 10.6. The smallest absolute Gasteiger partial charge is 0.303 e. The lowest BCUT2D eigenvalue weighted by Crippen LogP contribution is -2.65. The van der Waals surface area contributed by atoms with Crippen molar-refractivity contribution < 1.29 is 53.9 Å². The molecule has 1 aliphatic heterocycles. The van der Waals surface area contributed by atoms with Gasteiger partial charge in [0.2, 0.25) is 23.6 Å². The van der Waals surface area contributed by atoms with Crippen LogP contribution in [0.5, 0.6) is 0 Å². The minimum atomic E-state index is -1.86. The molecule has 33 heavy (non-hydrogen) atoms. The van der Waals surface area contributed by atoms with Gasteiger partial charge in [-0.15, -0.1) is 0 Å². The lowest BCUT2D eigenvalue weighted by Gasteiger charge is -2.41. The molecular formula is C18H30N4O11. The van der Waals surface area contributed by atoms with Crippen molar-refractivity contribution in [3.05, 3.63) is 0 Å². The fraction of sp³-hybridized carbons (Fsp3) is 0.722. The van der Waals surface area contributed by atoms with Gasteiger partial charge in [-0.2, -0.15) is 0 Å². The molecule has 9 N–H and O–H groups in total. The third-order valence-electron chi connectivity index (χ3n) is 4.73. The molecular weight excluding hydrogens is 448 g/mol. The van der Waals surface area contributed by atoms with Crippen molar-refractivity contribution in [1.82, 2.24) is 16.0 Å². The van der Waals surface area contributed by atoms with Gasteiger partial charge in [0.1, 0.15) is 36.4 Å². The van der Waals surface area contributed by atoms with Gasteiger partial charge in [-0.1, -0.05) is 0 Å². The molecule has 8 atom stereocenters. The number of ether oxygens (including phenoxy) is 2. The maximum Gasteiger partial charge on any atom is 0.303 e. The van der Waals surface area contributed by atoms with Gasteiger partial charge in [-0.25, -0.2) is 0 Å². The Bertz CT molecular complexity index is 749. The second-order valence-electron chi connectivity index (χ2n) is 7.50. The Hall–Kier alpha value is -2.85. The van der Waals surface area contributed by atoms with Crippen molar-refractivity contribution in [2.75, 3.05) is 0 Å². The van der Waals surface area contributed by atoms with Crippen LogP contribution in [-0.4, -0.2) is 99.0 Å². The number of aliphatic carboxylic acids is 1. The molecule has 5 unspecified atom stereocenters. The van der Waals surface area contributed by atoms with Crippen LogP contribution in [0.15, 0.2) is 0 Å². The molecule has 0 aliphatic carbocycles. The number of amides is 4. The topological polar surface area (TPSA) is 247 Å². The molecule has 0 bridgehead atoms. The van der Waals surface area contributed by atoms with E-state index in [0.717, 1.165) is 6.92 Å². The molecule has 1 heterocycles. The quantitative estimate of drug-likeness (QED) is 0.141. The van der Waals surface area contributed by atoms with E-state index in [1.54, 1.807) is 0 Å². The Morgan fingerprint density at radius 2 is 1.64 bits per heavy atom. The number of nitrogens with two attached hydrogens (primary N) is 1.